The van der Waals surface area contributed by atoms with Crippen LogP contribution in [0, 0.1) is 6.92 Å². The summed E-state index contributed by atoms with van der Waals surface area (Å²) in [6.45, 7) is 2.37. The predicted octanol–water partition coefficient (Wildman–Crippen LogP) is 1.71. The van der Waals surface area contributed by atoms with E-state index in [1.165, 1.54) is 0 Å². The minimum atomic E-state index is -0.791. The van der Waals surface area contributed by atoms with E-state index in [9.17, 15) is 9.59 Å². The molecule has 2 aromatic rings. The average Bonchev–Trinajstić information content (AvgIpc) is 2.93. The van der Waals surface area contributed by atoms with Crippen LogP contribution in [0.4, 0.5) is 0 Å². The highest BCUT2D eigenvalue weighted by molar-refractivity contribution is 5.92. The van der Waals surface area contributed by atoms with Crippen molar-refractivity contribution in [2.24, 2.45) is 0 Å². The number of nitrogens with one attached hydrogen (secondary N) is 2. The predicted molar refractivity (Wildman–Crippen MR) is 81.8 cm³/mol. The number of hydrogen-bond acceptors (Lipinski definition) is 3. The number of carbonyl (C=O) groups excluding carboxylic acids is 1. The van der Waals surface area contributed by atoms with Crippen molar-refractivity contribution in [3.8, 4) is 0 Å². The van der Waals surface area contributed by atoms with E-state index in [2.05, 4.69) is 15.5 Å². The van der Waals surface area contributed by atoms with Crippen molar-refractivity contribution in [1.82, 2.24) is 15.5 Å². The van der Waals surface area contributed by atoms with Crippen molar-refractivity contribution in [1.29, 1.82) is 0 Å². The second kappa shape index (κ2) is 7.40. The van der Waals surface area contributed by atoms with Crippen molar-refractivity contribution in [3.05, 3.63) is 52.8 Å². The molecule has 1 heterocycles. The van der Waals surface area contributed by atoms with Gasteiger partial charge in [0.1, 0.15) is 5.69 Å². The highest BCUT2D eigenvalue weighted by Crippen LogP contribution is 2.07. The molecule has 6 nitrogen and oxygen atoms in total. The zero-order valence-electron chi connectivity index (χ0n) is 12.4. The van der Waals surface area contributed by atoms with Gasteiger partial charge in [0, 0.05) is 18.7 Å². The number of carboxylic acids is 1. The van der Waals surface area contributed by atoms with Crippen LogP contribution in [0.25, 0.3) is 0 Å². The molecule has 2 rings (SSSR count). The number of H-pyrrole nitrogens is 1. The number of amides is 1. The van der Waals surface area contributed by atoms with Crippen LogP contribution in [0.1, 0.15) is 33.7 Å². The maximum absolute atomic E-state index is 11.8. The average molecular weight is 301 g/mol. The van der Waals surface area contributed by atoms with E-state index < -0.39 is 5.97 Å². The topological polar surface area (TPSA) is 95.1 Å². The third-order valence-corrected chi connectivity index (χ3v) is 3.29. The normalized spacial score (nSPS) is 10.4. The molecule has 0 saturated heterocycles. The maximum atomic E-state index is 11.8. The highest BCUT2D eigenvalue weighted by Gasteiger charge is 2.08. The summed E-state index contributed by atoms with van der Waals surface area (Å²) in [5.41, 5.74) is 3.34. The first-order valence-corrected chi connectivity index (χ1v) is 7.14. The van der Waals surface area contributed by atoms with Crippen LogP contribution >= 0.6 is 0 Å². The number of benzene rings is 1. The quantitative estimate of drug-likeness (QED) is 0.725. The van der Waals surface area contributed by atoms with E-state index >= 15 is 0 Å². The Morgan fingerprint density at radius 3 is 2.36 bits per heavy atom. The van der Waals surface area contributed by atoms with Crippen molar-refractivity contribution < 1.29 is 14.7 Å². The van der Waals surface area contributed by atoms with Gasteiger partial charge >= 0.3 is 5.97 Å². The molecule has 1 aromatic heterocycles. The fourth-order valence-corrected chi connectivity index (χ4v) is 2.07. The van der Waals surface area contributed by atoms with Gasteiger partial charge in [-0.3, -0.25) is 14.7 Å². The summed E-state index contributed by atoms with van der Waals surface area (Å²) in [7, 11) is 0. The van der Waals surface area contributed by atoms with Crippen LogP contribution in [0.5, 0.6) is 0 Å². The van der Waals surface area contributed by atoms with Crippen LogP contribution in [0.2, 0.25) is 0 Å². The molecule has 0 spiro atoms. The molecule has 0 aliphatic carbocycles. The van der Waals surface area contributed by atoms with E-state index in [-0.39, 0.29) is 12.3 Å². The number of carbonyl (C=O) groups is 2. The van der Waals surface area contributed by atoms with Crippen LogP contribution < -0.4 is 5.32 Å². The second-order valence-corrected chi connectivity index (χ2v) is 5.15. The molecule has 22 heavy (non-hydrogen) atoms. The van der Waals surface area contributed by atoms with Crippen molar-refractivity contribution in [2.45, 2.75) is 26.2 Å². The van der Waals surface area contributed by atoms with Gasteiger partial charge < -0.3 is 10.4 Å². The van der Waals surface area contributed by atoms with Crippen molar-refractivity contribution in [3.63, 3.8) is 0 Å². The summed E-state index contributed by atoms with van der Waals surface area (Å²) in [6.07, 6.45) is 1.39. The number of nitrogens with zero attached hydrogens (tertiary/aromatic N) is 1. The Morgan fingerprint density at radius 1 is 1.18 bits per heavy atom. The molecule has 6 heteroatoms. The van der Waals surface area contributed by atoms with Gasteiger partial charge in [-0.2, -0.15) is 5.10 Å². The molecule has 1 aromatic carbocycles. The van der Waals surface area contributed by atoms with Gasteiger partial charge in [-0.05, 0) is 37.0 Å². The molecule has 116 valence electrons. The van der Waals surface area contributed by atoms with Gasteiger partial charge in [0.15, 0.2) is 0 Å². The van der Waals surface area contributed by atoms with E-state index in [4.69, 9.17) is 5.11 Å². The number of aryl methyl sites for hydroxylation is 2. The lowest BCUT2D eigenvalue weighted by Gasteiger charge is -2.05. The third-order valence-electron chi connectivity index (χ3n) is 3.29. The first-order chi connectivity index (χ1) is 10.5. The SMILES string of the molecule is Cc1cc(C(=O)NCCc2ccc(CCC(=O)O)cc2)n[nH]1. The largest absolute Gasteiger partial charge is 0.481 e. The van der Waals surface area contributed by atoms with Crippen molar-refractivity contribution >= 4 is 11.9 Å². The Hall–Kier alpha value is -2.63. The molecular formula is C16H19N3O3. The fraction of sp³-hybridized carbons (Fsp3) is 0.312. The Kier molecular flexibility index (Phi) is 5.30. The smallest absolute Gasteiger partial charge is 0.303 e. The Bertz CT molecular complexity index is 647. The maximum Gasteiger partial charge on any atom is 0.303 e. The van der Waals surface area contributed by atoms with E-state index in [0.29, 0.717) is 25.1 Å². The van der Waals surface area contributed by atoms with E-state index in [0.717, 1.165) is 16.8 Å². The lowest BCUT2D eigenvalue weighted by molar-refractivity contribution is -0.136. The monoisotopic (exact) mass is 301 g/mol. The molecule has 0 fully saturated rings. The molecule has 0 atom stereocenters. The van der Waals surface area contributed by atoms with Gasteiger partial charge in [-0.1, -0.05) is 24.3 Å². The third kappa shape index (κ3) is 4.73. The van der Waals surface area contributed by atoms with Crippen LogP contribution in [0.15, 0.2) is 30.3 Å². The summed E-state index contributed by atoms with van der Waals surface area (Å²) in [4.78, 5) is 22.3. The summed E-state index contributed by atoms with van der Waals surface area (Å²) in [5.74, 6) is -0.983. The van der Waals surface area contributed by atoms with Gasteiger partial charge in [0.2, 0.25) is 0 Å². The zero-order valence-corrected chi connectivity index (χ0v) is 12.4. The lowest BCUT2D eigenvalue weighted by atomic mass is 10.1. The number of aromatic nitrogens is 2. The Labute approximate surface area is 128 Å². The first-order valence-electron chi connectivity index (χ1n) is 7.14. The number of carboxylic acid groups (broad SMARTS) is 1. The standard InChI is InChI=1S/C16H19N3O3/c1-11-10-14(19-18-11)16(22)17-9-8-13-4-2-12(3-5-13)6-7-15(20)21/h2-5,10H,6-9H2,1H3,(H,17,22)(H,18,19)(H,20,21). The number of aromatic amines is 1. The minimum Gasteiger partial charge on any atom is -0.481 e. The number of hydrogen-bond donors (Lipinski definition) is 3. The molecular weight excluding hydrogens is 282 g/mol. The van der Waals surface area contributed by atoms with Gasteiger partial charge in [0.25, 0.3) is 5.91 Å². The highest BCUT2D eigenvalue weighted by atomic mass is 16.4. The molecule has 1 amide bonds. The van der Waals surface area contributed by atoms with E-state index in [1.54, 1.807) is 6.07 Å². The fourth-order valence-electron chi connectivity index (χ4n) is 2.07. The minimum absolute atomic E-state index is 0.137. The summed E-state index contributed by atoms with van der Waals surface area (Å²) in [6, 6.07) is 9.48. The Morgan fingerprint density at radius 2 is 1.82 bits per heavy atom. The Balaban J connectivity index is 1.77. The van der Waals surface area contributed by atoms with Crippen LogP contribution in [0.3, 0.4) is 0 Å². The van der Waals surface area contributed by atoms with Crippen molar-refractivity contribution in [2.75, 3.05) is 6.54 Å². The van der Waals surface area contributed by atoms with Crippen LogP contribution in [-0.4, -0.2) is 33.7 Å². The summed E-state index contributed by atoms with van der Waals surface area (Å²) < 4.78 is 0. The number of rotatable bonds is 7. The van der Waals surface area contributed by atoms with E-state index in [1.807, 2.05) is 31.2 Å². The zero-order chi connectivity index (χ0) is 15.9. The van der Waals surface area contributed by atoms with Crippen LogP contribution in [-0.2, 0) is 17.6 Å². The molecule has 0 aliphatic heterocycles. The lowest BCUT2D eigenvalue weighted by Crippen LogP contribution is -2.26. The number of aliphatic carboxylic acids is 1. The molecule has 0 bridgehead atoms. The van der Waals surface area contributed by atoms with Gasteiger partial charge in [0.05, 0.1) is 0 Å². The van der Waals surface area contributed by atoms with Gasteiger partial charge in [-0.15, -0.1) is 0 Å². The summed E-state index contributed by atoms with van der Waals surface area (Å²) in [5, 5.41) is 18.1. The summed E-state index contributed by atoms with van der Waals surface area (Å²) >= 11 is 0. The molecule has 0 aliphatic rings. The first kappa shape index (κ1) is 15.8. The molecule has 0 unspecified atom stereocenters. The van der Waals surface area contributed by atoms with Gasteiger partial charge in [-0.25, -0.2) is 0 Å². The molecule has 0 saturated carbocycles. The molecule has 0 radical (unpaired) electrons. The second-order valence-electron chi connectivity index (χ2n) is 5.15. The molecule has 3 N–H and O–H groups in total.